The number of carbonyl (C=O) groups is 3. The van der Waals surface area contributed by atoms with Gasteiger partial charge >= 0.3 is 5.97 Å². The summed E-state index contributed by atoms with van der Waals surface area (Å²) in [5.74, 6) is -0.692. The van der Waals surface area contributed by atoms with Crippen LogP contribution in [0.1, 0.15) is 85.2 Å². The van der Waals surface area contributed by atoms with Crippen molar-refractivity contribution in [1.82, 2.24) is 20.9 Å². The van der Waals surface area contributed by atoms with Gasteiger partial charge < -0.3 is 36.5 Å². The number of guanidine groups is 1. The molecule has 2 heterocycles. The van der Waals surface area contributed by atoms with Crippen molar-refractivity contribution >= 4 is 29.3 Å². The number of benzene rings is 1. The van der Waals surface area contributed by atoms with Crippen LogP contribution in [0.4, 0.5) is 5.82 Å². The number of nitrogens with zero attached hydrogens (tertiary/aromatic N) is 2. The van der Waals surface area contributed by atoms with Crippen molar-refractivity contribution in [2.24, 2.45) is 16.6 Å². The van der Waals surface area contributed by atoms with Crippen LogP contribution in [0.25, 0.3) is 0 Å². The average molecular weight is 648 g/mol. The number of Topliss-reactive ketones (excluding diaryl/α,β-unsaturated/α-hetero) is 2. The first-order valence-corrected chi connectivity index (χ1v) is 16.4. The van der Waals surface area contributed by atoms with E-state index in [9.17, 15) is 14.4 Å². The van der Waals surface area contributed by atoms with Crippen LogP contribution < -0.4 is 27.0 Å². The van der Waals surface area contributed by atoms with Crippen molar-refractivity contribution in [2.75, 3.05) is 45.8 Å². The summed E-state index contributed by atoms with van der Waals surface area (Å²) in [4.78, 5) is 50.3. The van der Waals surface area contributed by atoms with Crippen LogP contribution in [0.3, 0.4) is 0 Å². The number of ether oxygens (including phenoxy) is 2. The Hall–Kier alpha value is -4.13. The summed E-state index contributed by atoms with van der Waals surface area (Å²) in [6, 6.07) is 10.1. The number of aliphatic imine (C=N–C) groups is 1. The van der Waals surface area contributed by atoms with E-state index in [1.54, 1.807) is 37.5 Å². The molecular formula is C35H49N7O5. The van der Waals surface area contributed by atoms with Gasteiger partial charge in [-0.05, 0) is 51.1 Å². The third-order valence-electron chi connectivity index (χ3n) is 8.80. The maximum absolute atomic E-state index is 14.0. The fraction of sp³-hybridized carbons (Fsp3) is 0.514. The minimum absolute atomic E-state index is 0.0267. The van der Waals surface area contributed by atoms with Crippen molar-refractivity contribution in [3.05, 3.63) is 70.9 Å². The molecule has 1 fully saturated rings. The van der Waals surface area contributed by atoms with Crippen molar-refractivity contribution in [1.29, 1.82) is 0 Å². The molecule has 0 spiro atoms. The zero-order valence-electron chi connectivity index (χ0n) is 28.2. The van der Waals surface area contributed by atoms with Gasteiger partial charge in [-0.1, -0.05) is 62.6 Å². The predicted molar refractivity (Wildman–Crippen MR) is 182 cm³/mol. The molecule has 1 aliphatic heterocycles. The molecule has 4 rings (SSSR count). The molecule has 0 amide bonds. The molecule has 1 saturated heterocycles. The molecule has 47 heavy (non-hydrogen) atoms. The first-order valence-electron chi connectivity index (χ1n) is 16.4. The monoisotopic (exact) mass is 647 g/mol. The zero-order valence-corrected chi connectivity index (χ0v) is 28.2. The Bertz CT molecular complexity index is 1490. The first-order chi connectivity index (χ1) is 22.7. The van der Waals surface area contributed by atoms with Crippen LogP contribution in [0.2, 0.25) is 0 Å². The number of pyridine rings is 1. The van der Waals surface area contributed by atoms with Gasteiger partial charge in [-0.3, -0.25) is 14.6 Å². The van der Waals surface area contributed by atoms with E-state index >= 15 is 0 Å². The third kappa shape index (κ3) is 7.72. The molecule has 2 aliphatic rings. The summed E-state index contributed by atoms with van der Waals surface area (Å²) in [5, 5.41) is 12.8. The highest BCUT2D eigenvalue weighted by Crippen LogP contribution is 2.58. The second kappa shape index (κ2) is 16.1. The maximum atomic E-state index is 14.0. The van der Waals surface area contributed by atoms with Gasteiger partial charge in [0.1, 0.15) is 5.82 Å². The average Bonchev–Trinajstić information content (AvgIpc) is 3.80. The van der Waals surface area contributed by atoms with E-state index in [1.165, 1.54) is 0 Å². The molecule has 12 heteroatoms. The number of hydrogen-bond donors (Lipinski definition) is 5. The second-order valence-corrected chi connectivity index (χ2v) is 12.2. The summed E-state index contributed by atoms with van der Waals surface area (Å²) < 4.78 is 11.9. The van der Waals surface area contributed by atoms with Gasteiger partial charge in [0.2, 0.25) is 5.78 Å². The number of carbonyl (C=O) groups excluding carboxylic acids is 3. The highest BCUT2D eigenvalue weighted by molar-refractivity contribution is 6.32. The molecule has 4 unspecified atom stereocenters. The van der Waals surface area contributed by atoms with Crippen molar-refractivity contribution < 1.29 is 23.9 Å². The van der Waals surface area contributed by atoms with Crippen molar-refractivity contribution in [3.8, 4) is 0 Å². The zero-order chi connectivity index (χ0) is 34.0. The Morgan fingerprint density at radius 3 is 2.60 bits per heavy atom. The molecule has 254 valence electrons. The molecule has 0 saturated carbocycles. The van der Waals surface area contributed by atoms with Crippen molar-refractivity contribution in [3.63, 3.8) is 0 Å². The summed E-state index contributed by atoms with van der Waals surface area (Å²) in [7, 11) is 3.44. The van der Waals surface area contributed by atoms with Gasteiger partial charge in [0.05, 0.1) is 19.3 Å². The standard InChI is InChI=1S/C35H49N7O5/c1-6-8-11-24(20-39-7-2)21-46-32(45)35-31(44)27-13-10-9-12-26(27)30(43)34(35,47-35)16-14-23(3)18-28(42-33(36)38-5)25-15-17-40-29(19-25)41-22-37-4/h9-10,12-15,17,19,24,28,37,39H,6-8,11,16,18,20-22H2,1-5H3,(H,40,41)(H3,36,38,42). The Morgan fingerprint density at radius 2 is 1.91 bits per heavy atom. The van der Waals surface area contributed by atoms with Gasteiger partial charge in [-0.2, -0.15) is 0 Å². The number of anilines is 1. The highest BCUT2D eigenvalue weighted by atomic mass is 16.7. The Labute approximate surface area is 277 Å². The van der Waals surface area contributed by atoms with E-state index in [2.05, 4.69) is 38.2 Å². The lowest BCUT2D eigenvalue weighted by atomic mass is 9.72. The second-order valence-electron chi connectivity index (χ2n) is 12.2. The van der Waals surface area contributed by atoms with Gasteiger partial charge in [0, 0.05) is 43.3 Å². The number of esters is 1. The Balaban J connectivity index is 1.60. The summed E-state index contributed by atoms with van der Waals surface area (Å²) in [6.07, 6.45) is 6.98. The lowest BCUT2D eigenvalue weighted by molar-refractivity contribution is -0.149. The fourth-order valence-corrected chi connectivity index (χ4v) is 6.07. The summed E-state index contributed by atoms with van der Waals surface area (Å²) >= 11 is 0. The van der Waals surface area contributed by atoms with Gasteiger partial charge in [0.25, 0.3) is 5.60 Å². The molecule has 6 N–H and O–H groups in total. The number of fused-ring (bicyclic) bond motifs is 2. The SMILES string of the molecule is CCCCC(CNCC)COC(=O)C12OC1(CC=C(C)CC(NC(N)=NC)c1ccnc(NCNC)c1)C(=O)c1ccccc1C2=O. The normalized spacial score (nSPS) is 21.8. The quantitative estimate of drug-likeness (QED) is 0.0305. The molecule has 0 radical (unpaired) electrons. The molecule has 12 nitrogen and oxygen atoms in total. The molecule has 4 atom stereocenters. The van der Waals surface area contributed by atoms with Gasteiger partial charge in [-0.25, -0.2) is 9.78 Å². The molecule has 1 aromatic heterocycles. The molecule has 0 bridgehead atoms. The fourth-order valence-electron chi connectivity index (χ4n) is 6.07. The Kier molecular flexibility index (Phi) is 12.3. The molecule has 1 aliphatic carbocycles. The van der Waals surface area contributed by atoms with E-state index in [-0.39, 0.29) is 42.1 Å². The van der Waals surface area contributed by atoms with Crippen LogP contribution in [-0.2, 0) is 14.3 Å². The first kappa shape index (κ1) is 35.7. The van der Waals surface area contributed by atoms with E-state index in [0.29, 0.717) is 25.5 Å². The van der Waals surface area contributed by atoms with E-state index in [4.69, 9.17) is 15.2 Å². The minimum atomic E-state index is -2.02. The maximum Gasteiger partial charge on any atom is 0.350 e. The molecular weight excluding hydrogens is 598 g/mol. The number of ketones is 2. The largest absolute Gasteiger partial charge is 0.463 e. The topological polar surface area (TPSA) is 172 Å². The lowest BCUT2D eigenvalue weighted by Gasteiger charge is -2.25. The Morgan fingerprint density at radius 1 is 1.17 bits per heavy atom. The van der Waals surface area contributed by atoms with E-state index in [0.717, 1.165) is 36.9 Å². The van der Waals surface area contributed by atoms with Gasteiger partial charge in [-0.15, -0.1) is 0 Å². The third-order valence-corrected chi connectivity index (χ3v) is 8.80. The van der Waals surface area contributed by atoms with Crippen LogP contribution in [0.5, 0.6) is 0 Å². The number of epoxide rings is 1. The number of rotatable bonds is 18. The minimum Gasteiger partial charge on any atom is -0.463 e. The molecule has 1 aromatic carbocycles. The number of hydrogen-bond acceptors (Lipinski definition) is 10. The predicted octanol–water partition coefficient (Wildman–Crippen LogP) is 3.52. The smallest absolute Gasteiger partial charge is 0.350 e. The molecule has 2 aromatic rings. The van der Waals surface area contributed by atoms with Crippen LogP contribution in [0.15, 0.2) is 59.2 Å². The van der Waals surface area contributed by atoms with Crippen LogP contribution >= 0.6 is 0 Å². The van der Waals surface area contributed by atoms with Gasteiger partial charge in [0.15, 0.2) is 17.3 Å². The lowest BCUT2D eigenvalue weighted by Crippen LogP contribution is -2.50. The van der Waals surface area contributed by atoms with E-state index in [1.807, 2.05) is 39.1 Å². The van der Waals surface area contributed by atoms with Crippen molar-refractivity contribution in [2.45, 2.75) is 70.1 Å². The highest BCUT2D eigenvalue weighted by Gasteiger charge is 2.85. The van der Waals surface area contributed by atoms with E-state index < -0.39 is 28.7 Å². The number of nitrogens with two attached hydrogens (primary N) is 1. The van der Waals surface area contributed by atoms with Crippen LogP contribution in [-0.4, -0.2) is 80.1 Å². The van der Waals surface area contributed by atoms with Crippen LogP contribution in [0, 0.1) is 5.92 Å². The summed E-state index contributed by atoms with van der Waals surface area (Å²) in [5.41, 5.74) is 4.63. The number of unbranched alkanes of at least 4 members (excludes halogenated alkanes) is 1. The number of nitrogens with one attached hydrogen (secondary N) is 4. The summed E-state index contributed by atoms with van der Waals surface area (Å²) in [6.45, 7) is 8.23. The number of aromatic nitrogens is 1.